The Morgan fingerprint density at radius 1 is 1.21 bits per heavy atom. The molecule has 0 spiro atoms. The Bertz CT molecular complexity index is 760. The fraction of sp³-hybridized carbons (Fsp3) is 0.263. The molecule has 0 bridgehead atoms. The number of benzene rings is 2. The zero-order chi connectivity index (χ0) is 17.2. The van der Waals surface area contributed by atoms with E-state index in [0.717, 1.165) is 11.3 Å². The van der Waals surface area contributed by atoms with Crippen molar-refractivity contribution in [2.75, 3.05) is 18.2 Å². The minimum atomic E-state index is -0.782. The second kappa shape index (κ2) is 6.35. The van der Waals surface area contributed by atoms with E-state index in [1.165, 1.54) is 0 Å². The molecule has 3 rings (SSSR count). The number of hydrogen-bond donors (Lipinski definition) is 1. The highest BCUT2D eigenvalue weighted by Crippen LogP contribution is 2.28. The van der Waals surface area contributed by atoms with Gasteiger partial charge in [0.15, 0.2) is 0 Å². The maximum atomic E-state index is 12.3. The molecular weight excluding hydrogens is 304 g/mol. The lowest BCUT2D eigenvalue weighted by molar-refractivity contribution is -0.128. The molecule has 0 aromatic heterocycles. The summed E-state index contributed by atoms with van der Waals surface area (Å²) >= 11 is 0. The molecule has 1 unspecified atom stereocenters. The van der Waals surface area contributed by atoms with Gasteiger partial charge in [-0.25, -0.2) is 4.79 Å². The highest BCUT2D eigenvalue weighted by Gasteiger charge is 2.43. The fourth-order valence-corrected chi connectivity index (χ4v) is 2.67. The van der Waals surface area contributed by atoms with Gasteiger partial charge in [-0.15, -0.1) is 0 Å². The number of nitrogens with zero attached hydrogens (tertiary/aromatic N) is 1. The molecular formula is C19H20N2O3. The van der Waals surface area contributed by atoms with Crippen molar-refractivity contribution in [3.05, 3.63) is 65.7 Å². The van der Waals surface area contributed by atoms with Gasteiger partial charge in [0.2, 0.25) is 5.91 Å². The van der Waals surface area contributed by atoms with Gasteiger partial charge in [0.25, 0.3) is 0 Å². The van der Waals surface area contributed by atoms with E-state index in [1.807, 2.05) is 49.4 Å². The molecule has 1 N–H and O–H groups in total. The molecule has 0 saturated carbocycles. The first-order valence-corrected chi connectivity index (χ1v) is 7.85. The summed E-state index contributed by atoms with van der Waals surface area (Å²) in [6, 6.07) is 16.8. The maximum Gasteiger partial charge on any atom is 0.338 e. The number of hydrazine groups is 1. The average Bonchev–Trinajstić information content (AvgIpc) is 2.89. The average molecular weight is 324 g/mol. The van der Waals surface area contributed by atoms with E-state index in [9.17, 15) is 9.59 Å². The Hall–Kier alpha value is -2.82. The van der Waals surface area contributed by atoms with Gasteiger partial charge in [-0.05, 0) is 38.1 Å². The van der Waals surface area contributed by atoms with Crippen LogP contribution in [-0.4, -0.2) is 25.0 Å². The first-order valence-electron chi connectivity index (χ1n) is 7.85. The molecule has 124 valence electrons. The van der Waals surface area contributed by atoms with Gasteiger partial charge in [-0.2, -0.15) is 0 Å². The molecule has 5 nitrogen and oxygen atoms in total. The summed E-state index contributed by atoms with van der Waals surface area (Å²) in [6.07, 6.45) is 0. The van der Waals surface area contributed by atoms with Crippen molar-refractivity contribution in [2.24, 2.45) is 5.41 Å². The number of rotatable bonds is 4. The van der Waals surface area contributed by atoms with Crippen LogP contribution in [0.2, 0.25) is 0 Å². The lowest BCUT2D eigenvalue weighted by Gasteiger charge is -2.21. The number of nitrogens with one attached hydrogen (secondary N) is 1. The van der Waals surface area contributed by atoms with Crippen LogP contribution in [0.4, 0.5) is 5.69 Å². The minimum absolute atomic E-state index is 0.0366. The Morgan fingerprint density at radius 3 is 2.67 bits per heavy atom. The number of aryl methyl sites for hydroxylation is 1. The van der Waals surface area contributed by atoms with Gasteiger partial charge in [0, 0.05) is 0 Å². The lowest BCUT2D eigenvalue weighted by Crippen LogP contribution is -2.35. The smallest absolute Gasteiger partial charge is 0.338 e. The third kappa shape index (κ3) is 3.25. The van der Waals surface area contributed by atoms with Crippen molar-refractivity contribution in [1.29, 1.82) is 0 Å². The molecule has 1 atom stereocenters. The van der Waals surface area contributed by atoms with Crippen molar-refractivity contribution in [3.63, 3.8) is 0 Å². The highest BCUT2D eigenvalue weighted by atomic mass is 16.5. The van der Waals surface area contributed by atoms with Crippen LogP contribution in [0.25, 0.3) is 0 Å². The summed E-state index contributed by atoms with van der Waals surface area (Å²) in [6.45, 7) is 4.20. The van der Waals surface area contributed by atoms with Crippen molar-refractivity contribution < 1.29 is 14.3 Å². The minimum Gasteiger partial charge on any atom is -0.461 e. The molecule has 2 aromatic rings. The van der Waals surface area contributed by atoms with E-state index in [1.54, 1.807) is 24.1 Å². The van der Waals surface area contributed by atoms with Gasteiger partial charge in [-0.3, -0.25) is 15.2 Å². The highest BCUT2D eigenvalue weighted by molar-refractivity contribution is 5.91. The molecule has 1 amide bonds. The standard InChI is InChI=1S/C19H20N2O3/c1-14-7-6-8-15(11-14)17(22)24-13-19(2)12-21(20-18(19)23)16-9-4-3-5-10-16/h3-11H,12-13H2,1-2H3,(H,20,23). The van der Waals surface area contributed by atoms with Gasteiger partial charge < -0.3 is 4.74 Å². The van der Waals surface area contributed by atoms with Crippen LogP contribution in [0, 0.1) is 12.3 Å². The second-order valence-corrected chi connectivity index (χ2v) is 6.37. The first-order chi connectivity index (χ1) is 11.5. The monoisotopic (exact) mass is 324 g/mol. The Balaban J connectivity index is 1.66. The zero-order valence-corrected chi connectivity index (χ0v) is 13.8. The zero-order valence-electron chi connectivity index (χ0n) is 13.8. The molecule has 24 heavy (non-hydrogen) atoms. The molecule has 1 fully saturated rings. The first kappa shape index (κ1) is 16.1. The molecule has 5 heteroatoms. The summed E-state index contributed by atoms with van der Waals surface area (Å²) in [5.41, 5.74) is 4.44. The van der Waals surface area contributed by atoms with Crippen molar-refractivity contribution >= 4 is 17.6 Å². The third-order valence-corrected chi connectivity index (χ3v) is 4.14. The Labute approximate surface area is 141 Å². The number of para-hydroxylation sites is 1. The van der Waals surface area contributed by atoms with E-state index in [4.69, 9.17) is 4.74 Å². The molecule has 1 heterocycles. The Kier molecular flexibility index (Phi) is 4.25. The van der Waals surface area contributed by atoms with Crippen LogP contribution >= 0.6 is 0 Å². The van der Waals surface area contributed by atoms with Crippen LogP contribution < -0.4 is 10.4 Å². The van der Waals surface area contributed by atoms with Crippen LogP contribution in [0.1, 0.15) is 22.8 Å². The van der Waals surface area contributed by atoms with Crippen LogP contribution in [0.5, 0.6) is 0 Å². The number of hydrogen-bond acceptors (Lipinski definition) is 4. The van der Waals surface area contributed by atoms with E-state index in [-0.39, 0.29) is 12.5 Å². The normalized spacial score (nSPS) is 19.9. The topological polar surface area (TPSA) is 58.6 Å². The molecule has 0 radical (unpaired) electrons. The second-order valence-electron chi connectivity index (χ2n) is 6.37. The molecule has 0 aliphatic carbocycles. The largest absolute Gasteiger partial charge is 0.461 e. The Morgan fingerprint density at radius 2 is 1.96 bits per heavy atom. The summed E-state index contributed by atoms with van der Waals surface area (Å²) in [5.74, 6) is -0.561. The number of carbonyl (C=O) groups excluding carboxylic acids is 2. The van der Waals surface area contributed by atoms with Gasteiger partial charge >= 0.3 is 5.97 Å². The predicted octanol–water partition coefficient (Wildman–Crippen LogP) is 2.71. The van der Waals surface area contributed by atoms with E-state index in [0.29, 0.717) is 12.1 Å². The van der Waals surface area contributed by atoms with Crippen LogP contribution in [0.15, 0.2) is 54.6 Å². The number of ether oxygens (including phenoxy) is 1. The molecule has 2 aromatic carbocycles. The van der Waals surface area contributed by atoms with Crippen LogP contribution in [0.3, 0.4) is 0 Å². The molecule has 1 aliphatic rings. The molecule has 1 aliphatic heterocycles. The van der Waals surface area contributed by atoms with E-state index < -0.39 is 11.4 Å². The van der Waals surface area contributed by atoms with Gasteiger partial charge in [-0.1, -0.05) is 35.9 Å². The van der Waals surface area contributed by atoms with Crippen molar-refractivity contribution in [2.45, 2.75) is 13.8 Å². The lowest BCUT2D eigenvalue weighted by atomic mass is 9.92. The number of amides is 1. The van der Waals surface area contributed by atoms with Gasteiger partial charge in [0.1, 0.15) is 12.0 Å². The van der Waals surface area contributed by atoms with Crippen LogP contribution in [-0.2, 0) is 9.53 Å². The van der Waals surface area contributed by atoms with E-state index >= 15 is 0 Å². The fourth-order valence-electron chi connectivity index (χ4n) is 2.67. The number of anilines is 1. The number of esters is 1. The van der Waals surface area contributed by atoms with Gasteiger partial charge in [0.05, 0.1) is 17.8 Å². The summed E-state index contributed by atoms with van der Waals surface area (Å²) in [7, 11) is 0. The quantitative estimate of drug-likeness (QED) is 0.879. The number of carbonyl (C=O) groups is 2. The van der Waals surface area contributed by atoms with E-state index in [2.05, 4.69) is 5.43 Å². The van der Waals surface area contributed by atoms with Crippen molar-refractivity contribution in [1.82, 2.24) is 5.43 Å². The summed E-state index contributed by atoms with van der Waals surface area (Å²) < 4.78 is 5.40. The SMILES string of the molecule is Cc1cccc(C(=O)OCC2(C)CN(c3ccccc3)NC2=O)c1. The van der Waals surface area contributed by atoms with Crippen molar-refractivity contribution in [3.8, 4) is 0 Å². The molecule has 1 saturated heterocycles. The summed E-state index contributed by atoms with van der Waals surface area (Å²) in [4.78, 5) is 24.5. The predicted molar refractivity (Wildman–Crippen MR) is 91.5 cm³/mol. The third-order valence-electron chi connectivity index (χ3n) is 4.14. The maximum absolute atomic E-state index is 12.3. The summed E-state index contributed by atoms with van der Waals surface area (Å²) in [5, 5.41) is 1.78.